The van der Waals surface area contributed by atoms with E-state index < -0.39 is 6.04 Å². The fourth-order valence-corrected chi connectivity index (χ4v) is 4.77. The summed E-state index contributed by atoms with van der Waals surface area (Å²) >= 11 is 0. The van der Waals surface area contributed by atoms with Gasteiger partial charge in [-0.2, -0.15) is 0 Å². The predicted molar refractivity (Wildman–Crippen MR) is 144 cm³/mol. The molecule has 4 rings (SSSR count). The fourth-order valence-electron chi connectivity index (χ4n) is 4.77. The molecule has 0 saturated carbocycles. The van der Waals surface area contributed by atoms with Crippen molar-refractivity contribution in [3.05, 3.63) is 77.9 Å². The molecule has 0 aliphatic carbocycles. The van der Waals surface area contributed by atoms with Crippen LogP contribution in [0.2, 0.25) is 0 Å². The van der Waals surface area contributed by atoms with Crippen molar-refractivity contribution in [2.24, 2.45) is 0 Å². The Morgan fingerprint density at radius 2 is 1.69 bits per heavy atom. The molecule has 1 aliphatic rings. The number of hydrogen-bond donors (Lipinski definition) is 1. The van der Waals surface area contributed by atoms with Crippen LogP contribution in [0.25, 0.3) is 10.8 Å². The SMILES string of the molecule is CC[C@@H](C)NC(=O)[C@H](C)N(CCc1ccccc1)C(=O)CCCN1C(=O)c2cccc3cccc1c23. The molecule has 0 aromatic heterocycles. The van der Waals surface area contributed by atoms with Crippen LogP contribution in [-0.4, -0.2) is 47.8 Å². The molecule has 0 unspecified atom stereocenters. The van der Waals surface area contributed by atoms with Gasteiger partial charge < -0.3 is 15.1 Å². The third-order valence-electron chi connectivity index (χ3n) is 7.07. The summed E-state index contributed by atoms with van der Waals surface area (Å²) in [6.45, 7) is 6.70. The minimum atomic E-state index is -0.568. The lowest BCUT2D eigenvalue weighted by molar-refractivity contribution is -0.140. The summed E-state index contributed by atoms with van der Waals surface area (Å²) in [5, 5.41) is 5.03. The van der Waals surface area contributed by atoms with Gasteiger partial charge in [-0.3, -0.25) is 14.4 Å². The van der Waals surface area contributed by atoms with E-state index in [1.54, 1.807) is 16.7 Å². The molecule has 1 heterocycles. The first kappa shape index (κ1) is 25.4. The molecule has 0 fully saturated rings. The zero-order valence-corrected chi connectivity index (χ0v) is 21.4. The summed E-state index contributed by atoms with van der Waals surface area (Å²) < 4.78 is 0. The molecule has 3 amide bonds. The highest BCUT2D eigenvalue weighted by atomic mass is 16.2. The van der Waals surface area contributed by atoms with Crippen molar-refractivity contribution in [1.29, 1.82) is 0 Å². The van der Waals surface area contributed by atoms with Gasteiger partial charge in [-0.05, 0) is 56.2 Å². The summed E-state index contributed by atoms with van der Waals surface area (Å²) in [7, 11) is 0. The van der Waals surface area contributed by atoms with Gasteiger partial charge in [0.15, 0.2) is 0 Å². The van der Waals surface area contributed by atoms with Crippen molar-refractivity contribution < 1.29 is 14.4 Å². The molecule has 36 heavy (non-hydrogen) atoms. The Morgan fingerprint density at radius 3 is 2.42 bits per heavy atom. The average Bonchev–Trinajstić information content (AvgIpc) is 3.17. The molecule has 0 spiro atoms. The lowest BCUT2D eigenvalue weighted by atomic mass is 10.1. The maximum absolute atomic E-state index is 13.4. The van der Waals surface area contributed by atoms with Gasteiger partial charge >= 0.3 is 0 Å². The molecule has 0 saturated heterocycles. The van der Waals surface area contributed by atoms with E-state index in [0.29, 0.717) is 31.5 Å². The molecule has 188 valence electrons. The Labute approximate surface area is 213 Å². The molecule has 1 N–H and O–H groups in total. The highest BCUT2D eigenvalue weighted by Crippen LogP contribution is 2.37. The monoisotopic (exact) mass is 485 g/mol. The molecule has 1 aliphatic heterocycles. The number of hydrogen-bond acceptors (Lipinski definition) is 3. The second kappa shape index (κ2) is 11.4. The van der Waals surface area contributed by atoms with Gasteiger partial charge in [0.2, 0.25) is 11.8 Å². The van der Waals surface area contributed by atoms with Crippen LogP contribution < -0.4 is 10.2 Å². The van der Waals surface area contributed by atoms with Crippen LogP contribution in [0.15, 0.2) is 66.7 Å². The van der Waals surface area contributed by atoms with E-state index in [4.69, 9.17) is 0 Å². The van der Waals surface area contributed by atoms with Crippen LogP contribution >= 0.6 is 0 Å². The summed E-state index contributed by atoms with van der Waals surface area (Å²) in [4.78, 5) is 42.8. The molecule has 0 radical (unpaired) electrons. The number of nitrogens with zero attached hydrogens (tertiary/aromatic N) is 2. The minimum absolute atomic E-state index is 0.0171. The molecular formula is C30H35N3O3. The lowest BCUT2D eigenvalue weighted by Gasteiger charge is -2.30. The minimum Gasteiger partial charge on any atom is -0.352 e. The molecule has 3 aromatic carbocycles. The first-order valence-electron chi connectivity index (χ1n) is 12.9. The Kier molecular flexibility index (Phi) is 8.04. The molecular weight excluding hydrogens is 450 g/mol. The largest absolute Gasteiger partial charge is 0.352 e. The molecule has 0 bridgehead atoms. The van der Waals surface area contributed by atoms with E-state index in [9.17, 15) is 14.4 Å². The highest BCUT2D eigenvalue weighted by molar-refractivity contribution is 6.25. The van der Waals surface area contributed by atoms with Crippen molar-refractivity contribution in [2.45, 2.75) is 58.5 Å². The maximum atomic E-state index is 13.4. The van der Waals surface area contributed by atoms with Gasteiger partial charge in [0.05, 0.1) is 5.69 Å². The van der Waals surface area contributed by atoms with Gasteiger partial charge in [-0.15, -0.1) is 0 Å². The van der Waals surface area contributed by atoms with Crippen molar-refractivity contribution in [3.63, 3.8) is 0 Å². The second-order valence-corrected chi connectivity index (χ2v) is 9.56. The quantitative estimate of drug-likeness (QED) is 0.418. The van der Waals surface area contributed by atoms with Crippen LogP contribution in [0.4, 0.5) is 5.69 Å². The van der Waals surface area contributed by atoms with Crippen LogP contribution in [0, 0.1) is 0 Å². The fraction of sp³-hybridized carbons (Fsp3) is 0.367. The maximum Gasteiger partial charge on any atom is 0.258 e. The Balaban J connectivity index is 1.42. The Hall–Kier alpha value is -3.67. The standard InChI is InChI=1S/C30H35N3O3/c1-4-21(2)31-29(35)22(3)32(20-18-23-11-6-5-7-12-23)27(34)17-10-19-33-26-16-9-14-24-13-8-15-25(28(24)26)30(33)36/h5-9,11-16,21-22H,4,10,17-20H2,1-3H3,(H,31,35)/t21-,22+/m1/s1. The summed E-state index contributed by atoms with van der Waals surface area (Å²) in [5.74, 6) is -0.223. The van der Waals surface area contributed by atoms with E-state index in [1.807, 2.05) is 80.6 Å². The zero-order chi connectivity index (χ0) is 25.7. The van der Waals surface area contributed by atoms with Crippen LogP contribution in [0.3, 0.4) is 0 Å². The Morgan fingerprint density at radius 1 is 0.972 bits per heavy atom. The normalized spacial score (nSPS) is 14.1. The number of anilines is 1. The average molecular weight is 486 g/mol. The van der Waals surface area contributed by atoms with E-state index >= 15 is 0 Å². The van der Waals surface area contributed by atoms with Crippen LogP contribution in [-0.2, 0) is 16.0 Å². The van der Waals surface area contributed by atoms with E-state index in [2.05, 4.69) is 5.32 Å². The summed E-state index contributed by atoms with van der Waals surface area (Å²) in [6, 6.07) is 21.2. The second-order valence-electron chi connectivity index (χ2n) is 9.56. The highest BCUT2D eigenvalue weighted by Gasteiger charge is 2.30. The molecule has 6 heteroatoms. The first-order chi connectivity index (χ1) is 17.4. The number of carbonyl (C=O) groups is 3. The summed E-state index contributed by atoms with van der Waals surface area (Å²) in [6.07, 6.45) is 2.30. The van der Waals surface area contributed by atoms with Crippen molar-refractivity contribution >= 4 is 34.2 Å². The third kappa shape index (κ3) is 5.43. The van der Waals surface area contributed by atoms with E-state index in [1.165, 1.54) is 0 Å². The first-order valence-corrected chi connectivity index (χ1v) is 12.9. The van der Waals surface area contributed by atoms with Crippen LogP contribution in [0.1, 0.15) is 56.0 Å². The third-order valence-corrected chi connectivity index (χ3v) is 7.07. The van der Waals surface area contributed by atoms with Gasteiger partial charge in [-0.1, -0.05) is 61.5 Å². The van der Waals surface area contributed by atoms with Crippen molar-refractivity contribution in [1.82, 2.24) is 10.2 Å². The number of carbonyl (C=O) groups excluding carboxylic acids is 3. The lowest BCUT2D eigenvalue weighted by Crippen LogP contribution is -2.50. The molecule has 3 aromatic rings. The predicted octanol–water partition coefficient (Wildman–Crippen LogP) is 4.95. The van der Waals surface area contributed by atoms with Crippen molar-refractivity contribution in [3.8, 4) is 0 Å². The Bertz CT molecular complexity index is 1240. The summed E-state index contributed by atoms with van der Waals surface area (Å²) in [5.41, 5.74) is 2.75. The zero-order valence-electron chi connectivity index (χ0n) is 21.4. The molecule has 6 nitrogen and oxygen atoms in total. The van der Waals surface area contributed by atoms with Gasteiger partial charge in [0.25, 0.3) is 5.91 Å². The van der Waals surface area contributed by atoms with Gasteiger partial charge in [-0.25, -0.2) is 0 Å². The smallest absolute Gasteiger partial charge is 0.258 e. The van der Waals surface area contributed by atoms with E-state index in [-0.39, 0.29) is 30.2 Å². The van der Waals surface area contributed by atoms with E-state index in [0.717, 1.165) is 28.4 Å². The van der Waals surface area contributed by atoms with Gasteiger partial charge in [0.1, 0.15) is 6.04 Å². The molecule has 2 atom stereocenters. The van der Waals surface area contributed by atoms with Crippen LogP contribution in [0.5, 0.6) is 0 Å². The number of amides is 3. The van der Waals surface area contributed by atoms with Crippen molar-refractivity contribution in [2.75, 3.05) is 18.0 Å². The number of rotatable bonds is 11. The topological polar surface area (TPSA) is 69.7 Å². The number of nitrogens with one attached hydrogen (secondary N) is 1. The number of benzene rings is 3. The van der Waals surface area contributed by atoms with Gasteiger partial charge in [0, 0.05) is 36.5 Å².